The zero-order valence-electron chi connectivity index (χ0n) is 11.4. The van der Waals surface area contributed by atoms with Gasteiger partial charge < -0.3 is 14.4 Å². The highest BCUT2D eigenvalue weighted by atomic mass is 16.5. The van der Waals surface area contributed by atoms with E-state index in [-0.39, 0.29) is 0 Å². The van der Waals surface area contributed by atoms with Crippen LogP contribution < -0.4 is 4.74 Å². The van der Waals surface area contributed by atoms with Gasteiger partial charge in [0.1, 0.15) is 5.75 Å². The number of nitrogens with zero attached hydrogens (tertiary/aromatic N) is 1. The third-order valence-electron chi connectivity index (χ3n) is 3.53. The predicted octanol–water partition coefficient (Wildman–Crippen LogP) is 3.38. The van der Waals surface area contributed by atoms with Crippen molar-refractivity contribution in [2.45, 2.75) is 12.6 Å². The molecule has 1 N–H and O–H groups in total. The van der Waals surface area contributed by atoms with E-state index in [1.54, 1.807) is 7.11 Å². The van der Waals surface area contributed by atoms with E-state index in [1.807, 2.05) is 60.8 Å². The summed E-state index contributed by atoms with van der Waals surface area (Å²) in [5, 5.41) is 11.4. The van der Waals surface area contributed by atoms with E-state index < -0.39 is 6.10 Å². The van der Waals surface area contributed by atoms with E-state index in [0.29, 0.717) is 6.54 Å². The molecule has 1 aromatic heterocycles. The van der Waals surface area contributed by atoms with Crippen molar-refractivity contribution in [1.29, 1.82) is 0 Å². The molecule has 20 heavy (non-hydrogen) atoms. The van der Waals surface area contributed by atoms with Crippen LogP contribution in [0.15, 0.2) is 60.8 Å². The Balaban J connectivity index is 1.88. The highest BCUT2D eigenvalue weighted by Crippen LogP contribution is 2.24. The Kier molecular flexibility index (Phi) is 3.44. The summed E-state index contributed by atoms with van der Waals surface area (Å²) in [5.74, 6) is 0.846. The van der Waals surface area contributed by atoms with Gasteiger partial charge in [-0.05, 0) is 29.8 Å². The van der Waals surface area contributed by atoms with E-state index >= 15 is 0 Å². The molecule has 0 spiro atoms. The SMILES string of the molecule is COc1ccc2c(ccn2CC(O)c2ccccc2)c1. The van der Waals surface area contributed by atoms with E-state index in [2.05, 4.69) is 4.57 Å². The van der Waals surface area contributed by atoms with E-state index in [0.717, 1.165) is 22.2 Å². The fourth-order valence-electron chi connectivity index (χ4n) is 2.43. The van der Waals surface area contributed by atoms with Gasteiger partial charge in [-0.15, -0.1) is 0 Å². The molecule has 0 aliphatic carbocycles. The monoisotopic (exact) mass is 267 g/mol. The van der Waals surface area contributed by atoms with Crippen LogP contribution in [0.3, 0.4) is 0 Å². The highest BCUT2D eigenvalue weighted by molar-refractivity contribution is 5.81. The first kappa shape index (κ1) is 12.8. The van der Waals surface area contributed by atoms with Crippen molar-refractivity contribution in [3.8, 4) is 5.75 Å². The van der Waals surface area contributed by atoms with E-state index in [4.69, 9.17) is 4.74 Å². The first-order valence-electron chi connectivity index (χ1n) is 6.64. The summed E-state index contributed by atoms with van der Waals surface area (Å²) in [5.41, 5.74) is 2.03. The molecule has 3 heteroatoms. The van der Waals surface area contributed by atoms with E-state index in [9.17, 15) is 5.11 Å². The second-order valence-electron chi connectivity index (χ2n) is 4.82. The number of benzene rings is 2. The summed E-state index contributed by atoms with van der Waals surface area (Å²) in [7, 11) is 1.66. The number of hydrogen-bond acceptors (Lipinski definition) is 2. The van der Waals surface area contributed by atoms with Crippen molar-refractivity contribution in [3.63, 3.8) is 0 Å². The van der Waals surface area contributed by atoms with Crippen LogP contribution in [0.5, 0.6) is 5.75 Å². The average Bonchev–Trinajstić information content (AvgIpc) is 2.90. The standard InChI is InChI=1S/C17H17NO2/c1-20-15-7-8-16-14(11-15)9-10-18(16)12-17(19)13-5-3-2-4-6-13/h2-11,17,19H,12H2,1H3. The van der Waals surface area contributed by atoms with Crippen molar-refractivity contribution in [2.24, 2.45) is 0 Å². The zero-order chi connectivity index (χ0) is 13.9. The van der Waals surface area contributed by atoms with Gasteiger partial charge in [0.25, 0.3) is 0 Å². The zero-order valence-corrected chi connectivity index (χ0v) is 11.4. The minimum absolute atomic E-state index is 0.506. The third kappa shape index (κ3) is 2.40. The van der Waals surface area contributed by atoms with Gasteiger partial charge >= 0.3 is 0 Å². The molecular weight excluding hydrogens is 250 g/mol. The molecule has 3 nitrogen and oxygen atoms in total. The number of rotatable bonds is 4. The van der Waals surface area contributed by atoms with Gasteiger partial charge in [-0.1, -0.05) is 30.3 Å². The predicted molar refractivity (Wildman–Crippen MR) is 79.9 cm³/mol. The molecule has 0 saturated heterocycles. The average molecular weight is 267 g/mol. The molecule has 0 amide bonds. The van der Waals surface area contributed by atoms with Crippen LogP contribution in [0.2, 0.25) is 0 Å². The van der Waals surface area contributed by atoms with Crippen LogP contribution in [0, 0.1) is 0 Å². The van der Waals surface area contributed by atoms with Crippen LogP contribution in [-0.4, -0.2) is 16.8 Å². The molecule has 0 radical (unpaired) electrons. The molecule has 2 aromatic carbocycles. The maximum absolute atomic E-state index is 10.3. The summed E-state index contributed by atoms with van der Waals surface area (Å²) in [4.78, 5) is 0. The lowest BCUT2D eigenvalue weighted by Crippen LogP contribution is -2.07. The lowest BCUT2D eigenvalue weighted by atomic mass is 10.1. The molecular formula is C17H17NO2. The third-order valence-corrected chi connectivity index (χ3v) is 3.53. The quantitative estimate of drug-likeness (QED) is 0.786. The Morgan fingerprint density at radius 3 is 2.65 bits per heavy atom. The van der Waals surface area contributed by atoms with Crippen molar-refractivity contribution < 1.29 is 9.84 Å². The summed E-state index contributed by atoms with van der Waals surface area (Å²) >= 11 is 0. The number of fused-ring (bicyclic) bond motifs is 1. The Labute approximate surface area is 118 Å². The molecule has 3 aromatic rings. The maximum atomic E-state index is 10.3. The summed E-state index contributed by atoms with van der Waals surface area (Å²) in [6.45, 7) is 0.542. The number of methoxy groups -OCH3 is 1. The van der Waals surface area contributed by atoms with Crippen LogP contribution in [-0.2, 0) is 6.54 Å². The summed E-state index contributed by atoms with van der Waals surface area (Å²) in [6.07, 6.45) is 1.49. The fraction of sp³-hybridized carbons (Fsp3) is 0.176. The number of aliphatic hydroxyl groups is 1. The first-order valence-corrected chi connectivity index (χ1v) is 6.64. The highest BCUT2D eigenvalue weighted by Gasteiger charge is 2.10. The number of ether oxygens (including phenoxy) is 1. The van der Waals surface area contributed by atoms with Gasteiger partial charge in [-0.25, -0.2) is 0 Å². The van der Waals surface area contributed by atoms with Crippen molar-refractivity contribution in [3.05, 3.63) is 66.4 Å². The molecule has 1 atom stereocenters. The normalized spacial score (nSPS) is 12.5. The fourth-order valence-corrected chi connectivity index (χ4v) is 2.43. The van der Waals surface area contributed by atoms with Crippen LogP contribution >= 0.6 is 0 Å². The minimum atomic E-state index is -0.506. The van der Waals surface area contributed by atoms with Crippen molar-refractivity contribution in [2.75, 3.05) is 7.11 Å². The molecule has 0 fully saturated rings. The van der Waals surface area contributed by atoms with Crippen LogP contribution in [0.4, 0.5) is 0 Å². The van der Waals surface area contributed by atoms with Gasteiger partial charge in [0, 0.05) is 17.1 Å². The first-order chi connectivity index (χ1) is 9.78. The largest absolute Gasteiger partial charge is 0.497 e. The Bertz CT molecular complexity index is 703. The molecule has 0 aliphatic heterocycles. The molecule has 102 valence electrons. The number of hydrogen-bond donors (Lipinski definition) is 1. The number of aromatic nitrogens is 1. The summed E-state index contributed by atoms with van der Waals surface area (Å²) in [6, 6.07) is 17.7. The minimum Gasteiger partial charge on any atom is -0.497 e. The van der Waals surface area contributed by atoms with Crippen LogP contribution in [0.25, 0.3) is 10.9 Å². The molecule has 3 rings (SSSR count). The molecule has 1 heterocycles. The van der Waals surface area contributed by atoms with Gasteiger partial charge in [0.05, 0.1) is 19.8 Å². The van der Waals surface area contributed by atoms with Crippen molar-refractivity contribution in [1.82, 2.24) is 4.57 Å². The Morgan fingerprint density at radius 1 is 1.10 bits per heavy atom. The van der Waals surface area contributed by atoms with Gasteiger partial charge in [0.2, 0.25) is 0 Å². The number of aliphatic hydroxyl groups excluding tert-OH is 1. The second kappa shape index (κ2) is 5.39. The molecule has 0 bridgehead atoms. The Hall–Kier alpha value is -2.26. The Morgan fingerprint density at radius 2 is 1.90 bits per heavy atom. The summed E-state index contributed by atoms with van der Waals surface area (Å²) < 4.78 is 7.29. The second-order valence-corrected chi connectivity index (χ2v) is 4.82. The molecule has 0 saturated carbocycles. The van der Waals surface area contributed by atoms with Gasteiger partial charge in [0.15, 0.2) is 0 Å². The van der Waals surface area contributed by atoms with Crippen molar-refractivity contribution >= 4 is 10.9 Å². The topological polar surface area (TPSA) is 34.4 Å². The lowest BCUT2D eigenvalue weighted by Gasteiger charge is -2.13. The van der Waals surface area contributed by atoms with Gasteiger partial charge in [-0.3, -0.25) is 0 Å². The van der Waals surface area contributed by atoms with Crippen LogP contribution in [0.1, 0.15) is 11.7 Å². The maximum Gasteiger partial charge on any atom is 0.119 e. The lowest BCUT2D eigenvalue weighted by molar-refractivity contribution is 0.158. The molecule has 1 unspecified atom stereocenters. The van der Waals surface area contributed by atoms with Gasteiger partial charge in [-0.2, -0.15) is 0 Å². The smallest absolute Gasteiger partial charge is 0.119 e. The molecule has 0 aliphatic rings. The van der Waals surface area contributed by atoms with E-state index in [1.165, 1.54) is 0 Å².